The minimum atomic E-state index is 0.560. The van der Waals surface area contributed by atoms with Crippen LogP contribution in [0.4, 0.5) is 0 Å². The van der Waals surface area contributed by atoms with Crippen molar-refractivity contribution >= 4 is 65.6 Å². The Morgan fingerprint density at radius 3 is 1.26 bits per heavy atom. The Balaban J connectivity index is 1.22. The molecule has 0 bridgehead atoms. The Morgan fingerprint density at radius 2 is 0.737 bits per heavy atom. The summed E-state index contributed by atoms with van der Waals surface area (Å²) < 4.78 is 12.0. The van der Waals surface area contributed by atoms with Gasteiger partial charge in [0.2, 0.25) is 0 Å². The normalized spacial score (nSPS) is 11.9. The number of rotatable bonds is 5. The molecule has 12 rings (SSSR count). The molecule has 0 unspecified atom stereocenters. The first-order chi connectivity index (χ1) is 28.3. The van der Waals surface area contributed by atoms with Crippen LogP contribution in [0, 0.1) is 0 Å². The van der Waals surface area contributed by atoms with Crippen LogP contribution in [0.2, 0.25) is 0 Å². The van der Waals surface area contributed by atoms with E-state index in [1.165, 1.54) is 10.8 Å². The molecular formula is C51H31N5O. The van der Waals surface area contributed by atoms with Gasteiger partial charge in [-0.3, -0.25) is 0 Å². The highest BCUT2D eigenvalue weighted by atomic mass is 16.3. The molecule has 8 aromatic carbocycles. The van der Waals surface area contributed by atoms with Crippen molar-refractivity contribution in [2.24, 2.45) is 0 Å². The number of furan rings is 1. The van der Waals surface area contributed by atoms with Crippen molar-refractivity contribution in [3.05, 3.63) is 188 Å². The number of benzene rings is 8. The van der Waals surface area contributed by atoms with Crippen molar-refractivity contribution < 1.29 is 4.42 Å². The molecule has 6 nitrogen and oxygen atoms in total. The van der Waals surface area contributed by atoms with E-state index in [-0.39, 0.29) is 0 Å². The first kappa shape index (κ1) is 31.5. The van der Waals surface area contributed by atoms with E-state index in [2.05, 4.69) is 137 Å². The van der Waals surface area contributed by atoms with E-state index in [0.29, 0.717) is 17.5 Å². The van der Waals surface area contributed by atoms with Gasteiger partial charge in [0.1, 0.15) is 5.69 Å². The van der Waals surface area contributed by atoms with Gasteiger partial charge in [-0.2, -0.15) is 0 Å². The highest BCUT2D eigenvalue weighted by molar-refractivity contribution is 6.16. The number of nitrogens with zero attached hydrogens (tertiary/aromatic N) is 5. The van der Waals surface area contributed by atoms with E-state index in [0.717, 1.165) is 82.8 Å². The Kier molecular flexibility index (Phi) is 6.83. The molecule has 0 atom stereocenters. The molecule has 12 aromatic rings. The molecule has 0 aliphatic carbocycles. The zero-order chi connectivity index (χ0) is 37.5. The maximum absolute atomic E-state index is 7.34. The lowest BCUT2D eigenvalue weighted by molar-refractivity contribution is 0.664. The molecule has 0 fully saturated rings. The molecule has 0 aliphatic heterocycles. The van der Waals surface area contributed by atoms with E-state index in [1.807, 2.05) is 60.7 Å². The van der Waals surface area contributed by atoms with Crippen LogP contribution >= 0.6 is 0 Å². The average molecular weight is 730 g/mol. The van der Waals surface area contributed by atoms with Crippen LogP contribution in [0.25, 0.3) is 111 Å². The summed E-state index contributed by atoms with van der Waals surface area (Å²) in [5, 5.41) is 6.75. The second kappa shape index (κ2) is 12.3. The Bertz CT molecular complexity index is 3360. The zero-order valence-corrected chi connectivity index (χ0v) is 30.5. The molecule has 4 aromatic heterocycles. The van der Waals surface area contributed by atoms with Crippen molar-refractivity contribution in [1.82, 2.24) is 24.1 Å². The molecule has 266 valence electrons. The van der Waals surface area contributed by atoms with Gasteiger partial charge in [-0.25, -0.2) is 15.0 Å². The molecule has 0 N–H and O–H groups in total. The van der Waals surface area contributed by atoms with E-state index >= 15 is 0 Å². The minimum Gasteiger partial charge on any atom is -0.452 e. The molecule has 57 heavy (non-hydrogen) atoms. The largest absolute Gasteiger partial charge is 0.452 e. The SMILES string of the molecule is c1ccc(-c2nc(-c3ccccc3)nc(-c3ccc4c(oc5c(-n6c7ccccc7c7ccccc76)cccc54)c3-n3c4ccccc4c4ccccc43)n2)cc1. The topological polar surface area (TPSA) is 61.7 Å². The molecule has 0 radical (unpaired) electrons. The van der Waals surface area contributed by atoms with Gasteiger partial charge in [-0.05, 0) is 42.5 Å². The quantitative estimate of drug-likeness (QED) is 0.177. The molecule has 0 amide bonds. The van der Waals surface area contributed by atoms with Crippen LogP contribution in [0.15, 0.2) is 192 Å². The number of hydrogen-bond acceptors (Lipinski definition) is 4. The van der Waals surface area contributed by atoms with Gasteiger partial charge >= 0.3 is 0 Å². The summed E-state index contributed by atoms with van der Waals surface area (Å²) in [5.74, 6) is 1.77. The fourth-order valence-corrected chi connectivity index (χ4v) is 8.69. The van der Waals surface area contributed by atoms with Gasteiger partial charge < -0.3 is 13.6 Å². The third kappa shape index (κ3) is 4.74. The van der Waals surface area contributed by atoms with Crippen LogP contribution < -0.4 is 0 Å². The maximum atomic E-state index is 7.34. The summed E-state index contributed by atoms with van der Waals surface area (Å²) in [6.45, 7) is 0. The molecule has 0 aliphatic rings. The van der Waals surface area contributed by atoms with Gasteiger partial charge in [-0.1, -0.05) is 146 Å². The van der Waals surface area contributed by atoms with Crippen LogP contribution in [0.5, 0.6) is 0 Å². The summed E-state index contributed by atoms with van der Waals surface area (Å²) in [6, 6.07) is 65.3. The van der Waals surface area contributed by atoms with E-state index < -0.39 is 0 Å². The second-order valence-electron chi connectivity index (χ2n) is 14.4. The lowest BCUT2D eigenvalue weighted by Crippen LogP contribution is -2.04. The lowest BCUT2D eigenvalue weighted by atomic mass is 10.1. The molecule has 0 saturated heterocycles. The van der Waals surface area contributed by atoms with Gasteiger partial charge in [0.15, 0.2) is 28.6 Å². The van der Waals surface area contributed by atoms with Crippen LogP contribution in [-0.4, -0.2) is 24.1 Å². The van der Waals surface area contributed by atoms with Crippen LogP contribution in [0.3, 0.4) is 0 Å². The third-order valence-electron chi connectivity index (χ3n) is 11.2. The smallest absolute Gasteiger partial charge is 0.166 e. The van der Waals surface area contributed by atoms with Crippen LogP contribution in [0.1, 0.15) is 0 Å². The predicted octanol–water partition coefficient (Wildman–Crippen LogP) is 13.0. The lowest BCUT2D eigenvalue weighted by Gasteiger charge is -2.15. The highest BCUT2D eigenvalue weighted by Crippen LogP contribution is 2.44. The van der Waals surface area contributed by atoms with Gasteiger partial charge in [0.25, 0.3) is 0 Å². The third-order valence-corrected chi connectivity index (χ3v) is 11.2. The fourth-order valence-electron chi connectivity index (χ4n) is 8.69. The summed E-state index contributed by atoms with van der Waals surface area (Å²) in [6.07, 6.45) is 0. The Hall–Kier alpha value is -7.83. The molecule has 4 heterocycles. The highest BCUT2D eigenvalue weighted by Gasteiger charge is 2.25. The summed E-state index contributed by atoms with van der Waals surface area (Å²) in [4.78, 5) is 15.5. The average Bonchev–Trinajstić information content (AvgIpc) is 3.95. The first-order valence-electron chi connectivity index (χ1n) is 19.1. The predicted molar refractivity (Wildman–Crippen MR) is 232 cm³/mol. The molecule has 0 spiro atoms. The van der Waals surface area contributed by atoms with Gasteiger partial charge in [-0.15, -0.1) is 0 Å². The minimum absolute atomic E-state index is 0.560. The molecular weight excluding hydrogens is 699 g/mol. The van der Waals surface area contributed by atoms with E-state index in [9.17, 15) is 0 Å². The molecule has 0 saturated carbocycles. The standard InChI is InChI=1S/C51H31N5O/c1-3-16-32(17-4-1)49-52-50(33-18-5-2-6-19-33)54-51(53-49)40-31-30-39-38-24-15-29-45(55-41-25-11-7-20-34(41)35-21-8-12-26-42(35)55)47(38)57-48(39)46(40)56-43-27-13-9-22-36(43)37-23-10-14-28-44(37)56/h1-31H. The second-order valence-corrected chi connectivity index (χ2v) is 14.4. The summed E-state index contributed by atoms with van der Waals surface area (Å²) >= 11 is 0. The number of fused-ring (bicyclic) bond motifs is 9. The fraction of sp³-hybridized carbons (Fsp3) is 0. The Labute approximate surface area is 326 Å². The van der Waals surface area contributed by atoms with Crippen molar-refractivity contribution in [2.75, 3.05) is 0 Å². The van der Waals surface area contributed by atoms with Crippen molar-refractivity contribution in [3.8, 4) is 45.5 Å². The van der Waals surface area contributed by atoms with Crippen LogP contribution in [-0.2, 0) is 0 Å². The van der Waals surface area contributed by atoms with Crippen molar-refractivity contribution in [1.29, 1.82) is 0 Å². The monoisotopic (exact) mass is 729 g/mol. The van der Waals surface area contributed by atoms with Crippen molar-refractivity contribution in [2.45, 2.75) is 0 Å². The van der Waals surface area contributed by atoms with E-state index in [1.54, 1.807) is 0 Å². The first-order valence-corrected chi connectivity index (χ1v) is 19.1. The number of hydrogen-bond donors (Lipinski definition) is 0. The van der Waals surface area contributed by atoms with Gasteiger partial charge in [0, 0.05) is 49.0 Å². The molecule has 6 heteroatoms. The summed E-state index contributed by atoms with van der Waals surface area (Å²) in [5.41, 5.74) is 10.5. The number of para-hydroxylation sites is 5. The maximum Gasteiger partial charge on any atom is 0.166 e. The number of aromatic nitrogens is 5. The Morgan fingerprint density at radius 1 is 0.316 bits per heavy atom. The van der Waals surface area contributed by atoms with E-state index in [4.69, 9.17) is 19.4 Å². The van der Waals surface area contributed by atoms with Crippen molar-refractivity contribution in [3.63, 3.8) is 0 Å². The zero-order valence-electron chi connectivity index (χ0n) is 30.5. The summed E-state index contributed by atoms with van der Waals surface area (Å²) in [7, 11) is 0. The van der Waals surface area contributed by atoms with Gasteiger partial charge in [0.05, 0.1) is 27.8 Å².